The van der Waals surface area contributed by atoms with E-state index in [1.165, 1.54) is 11.8 Å². The van der Waals surface area contributed by atoms with Gasteiger partial charge in [0.15, 0.2) is 11.0 Å². The summed E-state index contributed by atoms with van der Waals surface area (Å²) in [7, 11) is 0. The number of carbonyl (C=O) groups is 1. The van der Waals surface area contributed by atoms with Gasteiger partial charge in [0.2, 0.25) is 5.91 Å². The highest BCUT2D eigenvalue weighted by atomic mass is 79.9. The highest BCUT2D eigenvalue weighted by Crippen LogP contribution is 2.30. The van der Waals surface area contributed by atoms with Gasteiger partial charge >= 0.3 is 0 Å². The zero-order valence-corrected chi connectivity index (χ0v) is 18.4. The van der Waals surface area contributed by atoms with Crippen LogP contribution in [-0.4, -0.2) is 26.4 Å². The molecule has 1 aromatic heterocycles. The first kappa shape index (κ1) is 20.9. The van der Waals surface area contributed by atoms with Crippen molar-refractivity contribution in [3.05, 3.63) is 69.6 Å². The molecule has 0 fully saturated rings. The molecule has 3 aromatic rings. The van der Waals surface area contributed by atoms with E-state index in [0.29, 0.717) is 33.3 Å². The molecular weight excluding hydrogens is 483 g/mol. The second-order valence-corrected chi connectivity index (χ2v) is 8.32. The van der Waals surface area contributed by atoms with Gasteiger partial charge in [-0.25, -0.2) is 0 Å². The second-order valence-electron chi connectivity index (χ2n) is 5.65. The number of carbonyl (C=O) groups excluding carboxylic acids is 1. The molecule has 0 aliphatic heterocycles. The molecule has 144 valence electrons. The summed E-state index contributed by atoms with van der Waals surface area (Å²) in [5.41, 5.74) is 1.33. The van der Waals surface area contributed by atoms with Crippen LogP contribution in [0.2, 0.25) is 10.0 Å². The fourth-order valence-electron chi connectivity index (χ4n) is 2.44. The summed E-state index contributed by atoms with van der Waals surface area (Å²) in [6.07, 6.45) is 1.75. The minimum absolute atomic E-state index is 0.157. The summed E-state index contributed by atoms with van der Waals surface area (Å²) in [5, 5.41) is 12.9. The fourth-order valence-corrected chi connectivity index (χ4v) is 4.13. The molecule has 0 aliphatic carbocycles. The van der Waals surface area contributed by atoms with Gasteiger partial charge in [-0.05, 0) is 30.3 Å². The Morgan fingerprint density at radius 3 is 2.71 bits per heavy atom. The normalized spacial score (nSPS) is 10.7. The maximum absolute atomic E-state index is 12.3. The molecule has 2 aromatic carbocycles. The van der Waals surface area contributed by atoms with Gasteiger partial charge in [0.1, 0.15) is 0 Å². The Hall–Kier alpha value is -1.80. The monoisotopic (exact) mass is 496 g/mol. The molecule has 1 N–H and O–H groups in total. The Labute approximate surface area is 185 Å². The van der Waals surface area contributed by atoms with Crippen LogP contribution in [0.25, 0.3) is 11.4 Å². The van der Waals surface area contributed by atoms with Gasteiger partial charge in [0, 0.05) is 16.6 Å². The molecule has 3 rings (SSSR count). The van der Waals surface area contributed by atoms with Crippen molar-refractivity contribution in [2.75, 3.05) is 11.1 Å². The summed E-state index contributed by atoms with van der Waals surface area (Å²) in [6.45, 7) is 4.28. The summed E-state index contributed by atoms with van der Waals surface area (Å²) < 4.78 is 2.72. The van der Waals surface area contributed by atoms with E-state index in [0.717, 1.165) is 10.0 Å². The molecule has 0 saturated carbocycles. The first-order valence-corrected chi connectivity index (χ1v) is 10.7. The highest BCUT2D eigenvalue weighted by Gasteiger charge is 2.17. The van der Waals surface area contributed by atoms with Crippen LogP contribution in [0.1, 0.15) is 0 Å². The largest absolute Gasteiger partial charge is 0.324 e. The van der Waals surface area contributed by atoms with Crippen molar-refractivity contribution < 1.29 is 4.79 Å². The van der Waals surface area contributed by atoms with E-state index in [9.17, 15) is 4.79 Å². The Bertz CT molecular complexity index is 1020. The van der Waals surface area contributed by atoms with E-state index in [2.05, 4.69) is 38.0 Å². The molecule has 0 saturated heterocycles. The lowest BCUT2D eigenvalue weighted by atomic mass is 10.2. The molecule has 0 unspecified atom stereocenters. The van der Waals surface area contributed by atoms with Crippen LogP contribution >= 0.6 is 50.9 Å². The summed E-state index contributed by atoms with van der Waals surface area (Å²) in [5.74, 6) is 0.593. The molecule has 0 aliphatic rings. The third kappa shape index (κ3) is 4.97. The third-order valence-corrected chi connectivity index (χ3v) is 5.78. The van der Waals surface area contributed by atoms with Gasteiger partial charge in [0.25, 0.3) is 0 Å². The zero-order chi connectivity index (χ0) is 20.1. The maximum atomic E-state index is 12.3. The molecule has 0 bridgehead atoms. The van der Waals surface area contributed by atoms with Crippen LogP contribution < -0.4 is 5.32 Å². The van der Waals surface area contributed by atoms with Crippen molar-refractivity contribution in [1.82, 2.24) is 14.8 Å². The number of aromatic nitrogens is 3. The van der Waals surface area contributed by atoms with Gasteiger partial charge in [-0.15, -0.1) is 16.8 Å². The Kier molecular flexibility index (Phi) is 7.18. The molecule has 0 spiro atoms. The smallest absolute Gasteiger partial charge is 0.234 e. The first-order chi connectivity index (χ1) is 13.5. The molecule has 1 amide bonds. The van der Waals surface area contributed by atoms with Gasteiger partial charge in [0.05, 0.1) is 21.5 Å². The van der Waals surface area contributed by atoms with Crippen molar-refractivity contribution in [3.8, 4) is 11.4 Å². The number of nitrogens with one attached hydrogen (secondary N) is 1. The van der Waals surface area contributed by atoms with E-state index in [4.69, 9.17) is 23.2 Å². The number of allylic oxidation sites excluding steroid dienone is 1. The molecule has 0 radical (unpaired) electrons. The van der Waals surface area contributed by atoms with Crippen molar-refractivity contribution >= 4 is 62.5 Å². The predicted octanol–water partition coefficient (Wildman–Crippen LogP) is 5.93. The van der Waals surface area contributed by atoms with Gasteiger partial charge in [-0.2, -0.15) is 0 Å². The van der Waals surface area contributed by atoms with E-state index in [1.54, 1.807) is 24.3 Å². The second kappa shape index (κ2) is 9.60. The van der Waals surface area contributed by atoms with Gasteiger partial charge < -0.3 is 5.32 Å². The summed E-state index contributed by atoms with van der Waals surface area (Å²) in [4.78, 5) is 12.3. The number of nitrogens with zero attached hydrogens (tertiary/aromatic N) is 3. The minimum Gasteiger partial charge on any atom is -0.324 e. The number of rotatable bonds is 7. The Morgan fingerprint density at radius 1 is 1.21 bits per heavy atom. The predicted molar refractivity (Wildman–Crippen MR) is 119 cm³/mol. The number of hydrogen-bond acceptors (Lipinski definition) is 4. The van der Waals surface area contributed by atoms with Crippen molar-refractivity contribution in [2.24, 2.45) is 0 Å². The van der Waals surface area contributed by atoms with Crippen LogP contribution in [0, 0.1) is 0 Å². The fraction of sp³-hybridized carbons (Fsp3) is 0.105. The number of halogens is 3. The number of amides is 1. The van der Waals surface area contributed by atoms with E-state index in [1.807, 2.05) is 28.8 Å². The van der Waals surface area contributed by atoms with Crippen molar-refractivity contribution in [1.29, 1.82) is 0 Å². The number of thioether (sulfide) groups is 1. The zero-order valence-electron chi connectivity index (χ0n) is 14.5. The molecule has 5 nitrogen and oxygen atoms in total. The number of hydrogen-bond donors (Lipinski definition) is 1. The van der Waals surface area contributed by atoms with Crippen LogP contribution in [0.5, 0.6) is 0 Å². The minimum atomic E-state index is -0.193. The number of anilines is 1. The van der Waals surface area contributed by atoms with Crippen molar-refractivity contribution in [2.45, 2.75) is 11.7 Å². The summed E-state index contributed by atoms with van der Waals surface area (Å²) >= 11 is 17.0. The lowest BCUT2D eigenvalue weighted by Gasteiger charge is -2.09. The van der Waals surface area contributed by atoms with Gasteiger partial charge in [-0.1, -0.05) is 69.1 Å². The molecule has 28 heavy (non-hydrogen) atoms. The van der Waals surface area contributed by atoms with Crippen LogP contribution in [0.3, 0.4) is 0 Å². The van der Waals surface area contributed by atoms with Crippen molar-refractivity contribution in [3.63, 3.8) is 0 Å². The lowest BCUT2D eigenvalue weighted by molar-refractivity contribution is -0.113. The summed E-state index contributed by atoms with van der Waals surface area (Å²) in [6, 6.07) is 12.7. The SMILES string of the molecule is C=CCn1c(SCC(=O)Nc2ccc(Br)cc2Cl)nnc1-c1ccccc1Cl. The van der Waals surface area contributed by atoms with E-state index >= 15 is 0 Å². The Balaban J connectivity index is 1.74. The lowest BCUT2D eigenvalue weighted by Crippen LogP contribution is -2.15. The average molecular weight is 498 g/mol. The van der Waals surface area contributed by atoms with E-state index in [-0.39, 0.29) is 11.7 Å². The highest BCUT2D eigenvalue weighted by molar-refractivity contribution is 9.10. The maximum Gasteiger partial charge on any atom is 0.234 e. The van der Waals surface area contributed by atoms with Crippen LogP contribution in [0.15, 0.2) is 64.7 Å². The van der Waals surface area contributed by atoms with Crippen LogP contribution in [-0.2, 0) is 11.3 Å². The number of benzene rings is 2. The van der Waals surface area contributed by atoms with Gasteiger partial charge in [-0.3, -0.25) is 9.36 Å². The molecule has 1 heterocycles. The molecular formula is C19H15BrCl2N4OS. The molecule has 0 atom stereocenters. The standard InChI is InChI=1S/C19H15BrCl2N4OS/c1-2-9-26-18(13-5-3-4-6-14(13)21)24-25-19(26)28-11-17(27)23-16-8-7-12(20)10-15(16)22/h2-8,10H,1,9,11H2,(H,23,27). The Morgan fingerprint density at radius 2 is 2.00 bits per heavy atom. The van der Waals surface area contributed by atoms with E-state index < -0.39 is 0 Å². The molecule has 9 heteroatoms. The topological polar surface area (TPSA) is 59.8 Å². The first-order valence-electron chi connectivity index (χ1n) is 8.16. The quantitative estimate of drug-likeness (QED) is 0.324. The van der Waals surface area contributed by atoms with Crippen LogP contribution in [0.4, 0.5) is 5.69 Å². The third-order valence-electron chi connectivity index (χ3n) is 3.68. The average Bonchev–Trinajstić information content (AvgIpc) is 3.06.